The van der Waals surface area contributed by atoms with E-state index in [4.69, 9.17) is 4.74 Å². The van der Waals surface area contributed by atoms with Gasteiger partial charge in [-0.05, 0) is 24.1 Å². The Balaban J connectivity index is 1.56. The van der Waals surface area contributed by atoms with Gasteiger partial charge >= 0.3 is 0 Å². The SMILES string of the molecule is COCCNCc1ccnn1CC1Cc2ccccc2S1. The molecule has 1 aliphatic heterocycles. The van der Waals surface area contributed by atoms with E-state index < -0.39 is 0 Å². The van der Waals surface area contributed by atoms with E-state index >= 15 is 0 Å². The van der Waals surface area contributed by atoms with Crippen LogP contribution in [0.2, 0.25) is 0 Å². The Kier molecular flexibility index (Phi) is 4.95. The van der Waals surface area contributed by atoms with Gasteiger partial charge in [0.1, 0.15) is 0 Å². The Morgan fingerprint density at radius 1 is 1.38 bits per heavy atom. The van der Waals surface area contributed by atoms with Crippen molar-refractivity contribution < 1.29 is 4.74 Å². The topological polar surface area (TPSA) is 39.1 Å². The molecule has 0 spiro atoms. The normalized spacial score (nSPS) is 17.1. The number of rotatable bonds is 7. The molecule has 1 atom stereocenters. The predicted molar refractivity (Wildman–Crippen MR) is 85.6 cm³/mol. The minimum Gasteiger partial charge on any atom is -0.383 e. The highest BCUT2D eigenvalue weighted by Gasteiger charge is 2.22. The average molecular weight is 303 g/mol. The molecule has 2 heterocycles. The highest BCUT2D eigenvalue weighted by Crippen LogP contribution is 2.37. The molecular weight excluding hydrogens is 282 g/mol. The van der Waals surface area contributed by atoms with Crippen LogP contribution in [0.1, 0.15) is 11.3 Å². The largest absolute Gasteiger partial charge is 0.383 e. The maximum Gasteiger partial charge on any atom is 0.0587 e. The van der Waals surface area contributed by atoms with E-state index in [1.165, 1.54) is 16.2 Å². The Morgan fingerprint density at radius 3 is 3.14 bits per heavy atom. The molecule has 1 aromatic heterocycles. The van der Waals surface area contributed by atoms with Gasteiger partial charge in [0.15, 0.2) is 0 Å². The Morgan fingerprint density at radius 2 is 2.29 bits per heavy atom. The van der Waals surface area contributed by atoms with Crippen LogP contribution < -0.4 is 5.32 Å². The minimum atomic E-state index is 0.583. The van der Waals surface area contributed by atoms with Crippen molar-refractivity contribution in [1.82, 2.24) is 15.1 Å². The van der Waals surface area contributed by atoms with Crippen LogP contribution in [-0.4, -0.2) is 35.3 Å². The van der Waals surface area contributed by atoms with Crippen LogP contribution in [0.25, 0.3) is 0 Å². The molecule has 112 valence electrons. The third kappa shape index (κ3) is 3.67. The number of aromatic nitrogens is 2. The van der Waals surface area contributed by atoms with E-state index in [0.29, 0.717) is 5.25 Å². The highest BCUT2D eigenvalue weighted by atomic mass is 32.2. The first-order chi connectivity index (χ1) is 10.4. The Bertz CT molecular complexity index is 559. The molecule has 0 amide bonds. The standard InChI is InChI=1S/C16H21N3OS/c1-20-9-8-17-11-14-6-7-18-19(14)12-15-10-13-4-2-3-5-16(13)21-15/h2-7,15,17H,8-12H2,1H3. The van der Waals surface area contributed by atoms with E-state index in [9.17, 15) is 0 Å². The van der Waals surface area contributed by atoms with Gasteiger partial charge < -0.3 is 10.1 Å². The summed E-state index contributed by atoms with van der Waals surface area (Å²) in [5.41, 5.74) is 2.71. The van der Waals surface area contributed by atoms with Crippen molar-refractivity contribution in [3.63, 3.8) is 0 Å². The fourth-order valence-electron chi connectivity index (χ4n) is 2.61. The third-order valence-corrected chi connectivity index (χ3v) is 4.99. The quantitative estimate of drug-likeness (QED) is 0.797. The van der Waals surface area contributed by atoms with E-state index in [1.54, 1.807) is 7.11 Å². The van der Waals surface area contributed by atoms with Gasteiger partial charge in [-0.1, -0.05) is 18.2 Å². The summed E-state index contributed by atoms with van der Waals surface area (Å²) in [5.74, 6) is 0. The molecule has 0 saturated carbocycles. The van der Waals surface area contributed by atoms with Gasteiger partial charge in [0.05, 0.1) is 18.8 Å². The molecule has 1 aromatic carbocycles. The summed E-state index contributed by atoms with van der Waals surface area (Å²) in [4.78, 5) is 1.43. The zero-order valence-electron chi connectivity index (χ0n) is 12.3. The van der Waals surface area contributed by atoms with E-state index in [1.807, 2.05) is 18.0 Å². The van der Waals surface area contributed by atoms with Crippen molar-refractivity contribution in [2.45, 2.75) is 29.7 Å². The van der Waals surface area contributed by atoms with Crippen LogP contribution in [0.4, 0.5) is 0 Å². The summed E-state index contributed by atoms with van der Waals surface area (Å²) >= 11 is 1.97. The molecule has 1 unspecified atom stereocenters. The number of ether oxygens (including phenoxy) is 1. The van der Waals surface area contributed by atoms with Crippen molar-refractivity contribution >= 4 is 11.8 Å². The first kappa shape index (κ1) is 14.6. The number of fused-ring (bicyclic) bond motifs is 1. The van der Waals surface area contributed by atoms with Gasteiger partial charge in [-0.3, -0.25) is 4.68 Å². The molecule has 0 fully saturated rings. The molecule has 21 heavy (non-hydrogen) atoms. The second-order valence-electron chi connectivity index (χ2n) is 5.23. The number of hydrogen-bond donors (Lipinski definition) is 1. The first-order valence-electron chi connectivity index (χ1n) is 7.31. The fraction of sp³-hybridized carbons (Fsp3) is 0.438. The first-order valence-corrected chi connectivity index (χ1v) is 8.19. The number of methoxy groups -OCH3 is 1. The van der Waals surface area contributed by atoms with Crippen LogP contribution in [0.5, 0.6) is 0 Å². The van der Waals surface area contributed by atoms with Crippen molar-refractivity contribution in [3.05, 3.63) is 47.8 Å². The summed E-state index contributed by atoms with van der Waals surface area (Å²) in [6, 6.07) is 10.8. The minimum absolute atomic E-state index is 0.583. The van der Waals surface area contributed by atoms with Gasteiger partial charge in [0, 0.05) is 36.5 Å². The molecule has 4 nitrogen and oxygen atoms in total. The van der Waals surface area contributed by atoms with Crippen LogP contribution >= 0.6 is 11.8 Å². The number of thioether (sulfide) groups is 1. The second kappa shape index (κ2) is 7.11. The van der Waals surface area contributed by atoms with Gasteiger partial charge in [-0.15, -0.1) is 11.8 Å². The number of nitrogens with zero attached hydrogens (tertiary/aromatic N) is 2. The number of hydrogen-bond acceptors (Lipinski definition) is 4. The van der Waals surface area contributed by atoms with Gasteiger partial charge in [-0.25, -0.2) is 0 Å². The summed E-state index contributed by atoms with van der Waals surface area (Å²) in [7, 11) is 1.72. The second-order valence-corrected chi connectivity index (χ2v) is 6.57. The lowest BCUT2D eigenvalue weighted by Gasteiger charge is -2.12. The molecule has 1 N–H and O–H groups in total. The molecule has 0 radical (unpaired) electrons. The maximum atomic E-state index is 5.05. The molecule has 3 rings (SSSR count). The summed E-state index contributed by atoms with van der Waals surface area (Å²) in [5, 5.41) is 8.44. The zero-order chi connectivity index (χ0) is 14.5. The lowest BCUT2D eigenvalue weighted by atomic mass is 10.1. The van der Waals surface area contributed by atoms with Gasteiger partial charge in [0.2, 0.25) is 0 Å². The molecule has 1 aliphatic rings. The molecular formula is C16H21N3OS. The highest BCUT2D eigenvalue weighted by molar-refractivity contribution is 8.00. The Labute approximate surface area is 129 Å². The monoisotopic (exact) mass is 303 g/mol. The molecule has 0 saturated heterocycles. The van der Waals surface area contributed by atoms with Crippen molar-refractivity contribution in [2.24, 2.45) is 0 Å². The van der Waals surface area contributed by atoms with Crippen molar-refractivity contribution in [2.75, 3.05) is 20.3 Å². The number of benzene rings is 1. The smallest absolute Gasteiger partial charge is 0.0587 e. The summed E-state index contributed by atoms with van der Waals surface area (Å²) < 4.78 is 7.17. The van der Waals surface area contributed by atoms with Crippen LogP contribution in [0.3, 0.4) is 0 Å². The summed E-state index contributed by atoms with van der Waals surface area (Å²) in [6.07, 6.45) is 3.03. The van der Waals surface area contributed by atoms with E-state index in [0.717, 1.165) is 32.7 Å². The molecule has 0 bridgehead atoms. The molecule has 5 heteroatoms. The lowest BCUT2D eigenvalue weighted by molar-refractivity contribution is 0.199. The van der Waals surface area contributed by atoms with Gasteiger partial charge in [0.25, 0.3) is 0 Å². The van der Waals surface area contributed by atoms with Crippen molar-refractivity contribution in [1.29, 1.82) is 0 Å². The van der Waals surface area contributed by atoms with E-state index in [2.05, 4.69) is 45.4 Å². The third-order valence-electron chi connectivity index (χ3n) is 3.68. The maximum absolute atomic E-state index is 5.05. The molecule has 2 aromatic rings. The van der Waals surface area contributed by atoms with E-state index in [-0.39, 0.29) is 0 Å². The zero-order valence-corrected chi connectivity index (χ0v) is 13.1. The van der Waals surface area contributed by atoms with Gasteiger partial charge in [-0.2, -0.15) is 5.10 Å². The van der Waals surface area contributed by atoms with Crippen LogP contribution in [-0.2, 0) is 24.2 Å². The lowest BCUT2D eigenvalue weighted by Crippen LogP contribution is -2.22. The molecule has 0 aliphatic carbocycles. The fourth-order valence-corrected chi connectivity index (χ4v) is 3.91. The Hall–Kier alpha value is -1.30. The average Bonchev–Trinajstić information content (AvgIpc) is 3.10. The van der Waals surface area contributed by atoms with Crippen molar-refractivity contribution in [3.8, 4) is 0 Å². The van der Waals surface area contributed by atoms with Crippen LogP contribution in [0.15, 0.2) is 41.4 Å². The predicted octanol–water partition coefficient (Wildman–Crippen LogP) is 2.34. The van der Waals surface area contributed by atoms with Crippen LogP contribution in [0, 0.1) is 0 Å². The summed E-state index contributed by atoms with van der Waals surface area (Å²) in [6.45, 7) is 3.41. The number of nitrogens with one attached hydrogen (secondary N) is 1.